The van der Waals surface area contributed by atoms with Crippen LogP contribution in [0.15, 0.2) is 24.3 Å². The molecule has 3 atom stereocenters. The molecule has 1 saturated carbocycles. The van der Waals surface area contributed by atoms with Gasteiger partial charge in [-0.15, -0.1) is 0 Å². The molecule has 1 aliphatic heterocycles. The Kier molecular flexibility index (Phi) is 3.95. The first-order valence-electron chi connectivity index (χ1n) is 7.63. The molecule has 0 spiro atoms. The van der Waals surface area contributed by atoms with E-state index in [-0.39, 0.29) is 6.10 Å². The van der Waals surface area contributed by atoms with Crippen LogP contribution in [-0.2, 0) is 20.7 Å². The van der Waals surface area contributed by atoms with E-state index >= 15 is 0 Å². The van der Waals surface area contributed by atoms with Gasteiger partial charge in [-0.25, -0.2) is 9.59 Å². The Morgan fingerprint density at radius 3 is 2.90 bits per heavy atom. The Morgan fingerprint density at radius 2 is 2.10 bits per heavy atom. The molecule has 3 rings (SSSR count). The molecule has 4 heteroatoms. The average Bonchev–Trinajstić information content (AvgIpc) is 2.47. The summed E-state index contributed by atoms with van der Waals surface area (Å²) in [5, 5.41) is 0. The normalized spacial score (nSPS) is 28.4. The molecular weight excluding hydrogens is 268 g/mol. The minimum Gasteiger partial charge on any atom is -0.460 e. The summed E-state index contributed by atoms with van der Waals surface area (Å²) in [5.41, 5.74) is 1.40. The third kappa shape index (κ3) is 3.09. The summed E-state index contributed by atoms with van der Waals surface area (Å²) < 4.78 is 10.8. The molecule has 1 fully saturated rings. The van der Waals surface area contributed by atoms with E-state index in [4.69, 9.17) is 9.47 Å². The highest BCUT2D eigenvalue weighted by molar-refractivity contribution is 5.94. The van der Waals surface area contributed by atoms with E-state index in [0.717, 1.165) is 24.8 Å². The lowest BCUT2D eigenvalue weighted by atomic mass is 9.88. The Balaban J connectivity index is 1.65. The summed E-state index contributed by atoms with van der Waals surface area (Å²) in [6.45, 7) is 2.18. The molecule has 0 radical (unpaired) electrons. The Hall–Kier alpha value is -1.84. The zero-order valence-electron chi connectivity index (χ0n) is 12.2. The quantitative estimate of drug-likeness (QED) is 0.785. The predicted octanol–water partition coefficient (Wildman–Crippen LogP) is 2.89. The van der Waals surface area contributed by atoms with Gasteiger partial charge in [-0.2, -0.15) is 0 Å². The van der Waals surface area contributed by atoms with E-state index in [1.54, 1.807) is 12.1 Å². The lowest BCUT2D eigenvalue weighted by Gasteiger charge is -2.29. The number of hydrogen-bond acceptors (Lipinski definition) is 4. The third-order valence-electron chi connectivity index (χ3n) is 4.33. The van der Waals surface area contributed by atoms with Gasteiger partial charge in [-0.3, -0.25) is 0 Å². The van der Waals surface area contributed by atoms with Crippen LogP contribution >= 0.6 is 0 Å². The van der Waals surface area contributed by atoms with Crippen LogP contribution < -0.4 is 0 Å². The van der Waals surface area contributed by atoms with Crippen LogP contribution in [-0.4, -0.2) is 24.1 Å². The molecule has 0 aromatic heterocycles. The number of fused-ring (bicyclic) bond motifs is 1. The zero-order chi connectivity index (χ0) is 14.8. The summed E-state index contributed by atoms with van der Waals surface area (Å²) >= 11 is 0. The SMILES string of the molecule is CC1CCCC(OC(=O)C2Cc3ccccc3C(=O)O2)C1. The molecular formula is C17H20O4. The fourth-order valence-electron chi connectivity index (χ4n) is 3.19. The number of rotatable bonds is 2. The van der Waals surface area contributed by atoms with E-state index in [2.05, 4.69) is 6.92 Å². The van der Waals surface area contributed by atoms with Crippen LogP contribution in [0.2, 0.25) is 0 Å². The van der Waals surface area contributed by atoms with E-state index in [1.807, 2.05) is 12.1 Å². The fourth-order valence-corrected chi connectivity index (χ4v) is 3.19. The van der Waals surface area contributed by atoms with Crippen molar-refractivity contribution in [1.82, 2.24) is 0 Å². The number of hydrogen-bond donors (Lipinski definition) is 0. The van der Waals surface area contributed by atoms with Gasteiger partial charge in [-0.05, 0) is 36.8 Å². The lowest BCUT2D eigenvalue weighted by Crippen LogP contribution is -2.38. The van der Waals surface area contributed by atoms with Gasteiger partial charge in [-0.1, -0.05) is 31.5 Å². The monoisotopic (exact) mass is 288 g/mol. The van der Waals surface area contributed by atoms with Crippen molar-refractivity contribution in [1.29, 1.82) is 0 Å². The van der Waals surface area contributed by atoms with Gasteiger partial charge in [0.1, 0.15) is 6.10 Å². The van der Waals surface area contributed by atoms with Gasteiger partial charge in [0.2, 0.25) is 6.10 Å². The van der Waals surface area contributed by atoms with Gasteiger partial charge < -0.3 is 9.47 Å². The number of carbonyl (C=O) groups excluding carboxylic acids is 2. The maximum absolute atomic E-state index is 12.2. The minimum absolute atomic E-state index is 0.0304. The molecule has 4 nitrogen and oxygen atoms in total. The van der Waals surface area contributed by atoms with E-state index < -0.39 is 18.0 Å². The number of cyclic esters (lactones) is 1. The van der Waals surface area contributed by atoms with Crippen LogP contribution in [0.25, 0.3) is 0 Å². The van der Waals surface area contributed by atoms with Crippen LogP contribution in [0.5, 0.6) is 0 Å². The molecule has 2 aliphatic rings. The predicted molar refractivity (Wildman–Crippen MR) is 76.9 cm³/mol. The van der Waals surface area contributed by atoms with Crippen LogP contribution in [0.3, 0.4) is 0 Å². The molecule has 3 unspecified atom stereocenters. The maximum atomic E-state index is 12.2. The molecule has 1 aliphatic carbocycles. The second-order valence-electron chi connectivity index (χ2n) is 6.09. The van der Waals surface area contributed by atoms with Crippen molar-refractivity contribution in [2.75, 3.05) is 0 Å². The topological polar surface area (TPSA) is 52.6 Å². The van der Waals surface area contributed by atoms with Crippen LogP contribution in [0, 0.1) is 5.92 Å². The molecule has 21 heavy (non-hydrogen) atoms. The summed E-state index contributed by atoms with van der Waals surface area (Å²) in [6, 6.07) is 7.24. The van der Waals surface area contributed by atoms with Gasteiger partial charge in [0.05, 0.1) is 5.56 Å². The molecule has 1 aromatic carbocycles. The van der Waals surface area contributed by atoms with Crippen LogP contribution in [0.1, 0.15) is 48.5 Å². The Labute approximate surface area is 124 Å². The van der Waals surface area contributed by atoms with Crippen molar-refractivity contribution in [2.45, 2.75) is 51.2 Å². The van der Waals surface area contributed by atoms with Crippen molar-refractivity contribution >= 4 is 11.9 Å². The smallest absolute Gasteiger partial charge is 0.348 e. The van der Waals surface area contributed by atoms with Gasteiger partial charge in [0.15, 0.2) is 0 Å². The van der Waals surface area contributed by atoms with E-state index in [0.29, 0.717) is 17.9 Å². The van der Waals surface area contributed by atoms with Gasteiger partial charge in [0.25, 0.3) is 0 Å². The number of esters is 2. The summed E-state index contributed by atoms with van der Waals surface area (Å²) in [4.78, 5) is 24.1. The average molecular weight is 288 g/mol. The fraction of sp³-hybridized carbons (Fsp3) is 0.529. The number of ether oxygens (including phenoxy) is 2. The first-order chi connectivity index (χ1) is 10.1. The Bertz CT molecular complexity index is 551. The highest BCUT2D eigenvalue weighted by Gasteiger charge is 2.34. The zero-order valence-corrected chi connectivity index (χ0v) is 12.2. The molecule has 0 N–H and O–H groups in total. The number of benzene rings is 1. The van der Waals surface area contributed by atoms with Crippen LogP contribution in [0.4, 0.5) is 0 Å². The van der Waals surface area contributed by atoms with Gasteiger partial charge >= 0.3 is 11.9 Å². The van der Waals surface area contributed by atoms with Crippen molar-refractivity contribution in [3.05, 3.63) is 35.4 Å². The molecule has 0 saturated heterocycles. The molecule has 1 heterocycles. The highest BCUT2D eigenvalue weighted by Crippen LogP contribution is 2.27. The first kappa shape index (κ1) is 14.1. The molecule has 112 valence electrons. The highest BCUT2D eigenvalue weighted by atomic mass is 16.6. The second kappa shape index (κ2) is 5.88. The molecule has 0 amide bonds. The molecule has 1 aromatic rings. The molecule has 0 bridgehead atoms. The lowest BCUT2D eigenvalue weighted by molar-refractivity contribution is -0.162. The summed E-state index contributed by atoms with van der Waals surface area (Å²) in [7, 11) is 0. The largest absolute Gasteiger partial charge is 0.460 e. The second-order valence-corrected chi connectivity index (χ2v) is 6.09. The Morgan fingerprint density at radius 1 is 1.29 bits per heavy atom. The first-order valence-corrected chi connectivity index (χ1v) is 7.63. The minimum atomic E-state index is -0.801. The number of carbonyl (C=O) groups is 2. The maximum Gasteiger partial charge on any atom is 0.348 e. The third-order valence-corrected chi connectivity index (χ3v) is 4.33. The van der Waals surface area contributed by atoms with E-state index in [1.165, 1.54) is 6.42 Å². The standard InChI is InChI=1S/C17H20O4/c1-11-5-4-7-13(9-11)20-17(19)15-10-12-6-2-3-8-14(12)16(18)21-15/h2-3,6,8,11,13,15H,4-5,7,9-10H2,1H3. The van der Waals surface area contributed by atoms with E-state index in [9.17, 15) is 9.59 Å². The summed E-state index contributed by atoms with van der Waals surface area (Å²) in [6.07, 6.45) is 3.67. The van der Waals surface area contributed by atoms with Crippen molar-refractivity contribution in [3.8, 4) is 0 Å². The van der Waals surface area contributed by atoms with Crippen molar-refractivity contribution in [2.24, 2.45) is 5.92 Å². The van der Waals surface area contributed by atoms with Gasteiger partial charge in [0, 0.05) is 6.42 Å². The summed E-state index contributed by atoms with van der Waals surface area (Å²) in [5.74, 6) is -0.251. The van der Waals surface area contributed by atoms with Crippen molar-refractivity contribution in [3.63, 3.8) is 0 Å². The van der Waals surface area contributed by atoms with Crippen molar-refractivity contribution < 1.29 is 19.1 Å².